The first-order chi connectivity index (χ1) is 12.5. The topological polar surface area (TPSA) is 86.8 Å². The highest BCUT2D eigenvalue weighted by Crippen LogP contribution is 2.20. The number of amides is 2. The highest BCUT2D eigenvalue weighted by Gasteiger charge is 2.23. The van der Waals surface area contributed by atoms with Crippen molar-refractivity contribution in [2.24, 2.45) is 0 Å². The van der Waals surface area contributed by atoms with Crippen molar-refractivity contribution in [3.63, 3.8) is 0 Å². The molecule has 8 heteroatoms. The summed E-state index contributed by atoms with van der Waals surface area (Å²) in [6.07, 6.45) is 1.99. The number of carbonyl (C=O) groups is 2. The zero-order valence-electron chi connectivity index (χ0n) is 15.4. The first-order valence-electron chi connectivity index (χ1n) is 9.15. The van der Waals surface area contributed by atoms with Crippen molar-refractivity contribution in [3.05, 3.63) is 24.0 Å². The largest absolute Gasteiger partial charge is 0.372 e. The molecule has 0 radical (unpaired) electrons. The summed E-state index contributed by atoms with van der Waals surface area (Å²) in [6, 6.07) is 3.75. The summed E-state index contributed by atoms with van der Waals surface area (Å²) in [5, 5.41) is 5.68. The maximum absolute atomic E-state index is 12.4. The molecule has 0 aliphatic carbocycles. The molecular formula is C18H27N5O3. The summed E-state index contributed by atoms with van der Waals surface area (Å²) >= 11 is 0. The lowest BCUT2D eigenvalue weighted by atomic mass is 10.2. The van der Waals surface area contributed by atoms with Gasteiger partial charge < -0.3 is 20.3 Å². The van der Waals surface area contributed by atoms with Crippen LogP contribution < -0.4 is 15.5 Å². The van der Waals surface area contributed by atoms with Gasteiger partial charge >= 0.3 is 0 Å². The predicted octanol–water partition coefficient (Wildman–Crippen LogP) is -0.143. The van der Waals surface area contributed by atoms with Crippen LogP contribution in [0.3, 0.4) is 0 Å². The standard InChI is InChI=1S/C18H27N5O3/c1-13-10-23(11-14(2)26-13)15-3-4-19-16(9-15)18(25)21-6-8-22-7-5-20-17(24)12-22/h3-4,9,13-14H,5-8,10-12H2,1-2H3,(H,20,24)(H,21,25). The Bertz CT molecular complexity index is 643. The lowest BCUT2D eigenvalue weighted by Crippen LogP contribution is -2.49. The van der Waals surface area contributed by atoms with Crippen LogP contribution in [0.2, 0.25) is 0 Å². The van der Waals surface area contributed by atoms with Gasteiger partial charge in [0.1, 0.15) is 5.69 Å². The normalized spacial score (nSPS) is 24.2. The molecule has 2 fully saturated rings. The molecule has 142 valence electrons. The Hall–Kier alpha value is -2.19. The molecule has 0 aromatic carbocycles. The summed E-state index contributed by atoms with van der Waals surface area (Å²) in [7, 11) is 0. The highest BCUT2D eigenvalue weighted by atomic mass is 16.5. The molecule has 0 spiro atoms. The lowest BCUT2D eigenvalue weighted by molar-refractivity contribution is -0.124. The first-order valence-corrected chi connectivity index (χ1v) is 9.15. The molecule has 2 saturated heterocycles. The van der Waals surface area contributed by atoms with Crippen molar-refractivity contribution >= 4 is 17.5 Å². The average Bonchev–Trinajstić information content (AvgIpc) is 2.61. The number of rotatable bonds is 5. The van der Waals surface area contributed by atoms with Gasteiger partial charge in [-0.1, -0.05) is 0 Å². The lowest BCUT2D eigenvalue weighted by Gasteiger charge is -2.36. The van der Waals surface area contributed by atoms with Crippen molar-refractivity contribution in [2.75, 3.05) is 50.7 Å². The molecule has 0 saturated carbocycles. The minimum atomic E-state index is -0.192. The fourth-order valence-corrected chi connectivity index (χ4v) is 3.43. The van der Waals surface area contributed by atoms with Crippen molar-refractivity contribution in [1.29, 1.82) is 0 Å². The van der Waals surface area contributed by atoms with Crippen LogP contribution in [0.4, 0.5) is 5.69 Å². The maximum Gasteiger partial charge on any atom is 0.269 e. The van der Waals surface area contributed by atoms with E-state index in [1.807, 2.05) is 17.0 Å². The molecule has 2 aliphatic rings. The van der Waals surface area contributed by atoms with Crippen molar-refractivity contribution in [3.8, 4) is 0 Å². The van der Waals surface area contributed by atoms with Gasteiger partial charge in [0.2, 0.25) is 5.91 Å². The first kappa shape index (κ1) is 18.6. The maximum atomic E-state index is 12.4. The van der Waals surface area contributed by atoms with E-state index in [1.165, 1.54) is 0 Å². The third kappa shape index (κ3) is 4.92. The van der Waals surface area contributed by atoms with Crippen molar-refractivity contribution in [2.45, 2.75) is 26.1 Å². The number of pyridine rings is 1. The Kier molecular flexibility index (Phi) is 6.05. The van der Waals surface area contributed by atoms with Gasteiger partial charge in [0, 0.05) is 51.2 Å². The second-order valence-corrected chi connectivity index (χ2v) is 6.94. The molecule has 3 heterocycles. The zero-order chi connectivity index (χ0) is 18.5. The van der Waals surface area contributed by atoms with E-state index in [4.69, 9.17) is 4.74 Å². The summed E-state index contributed by atoms with van der Waals surface area (Å²) < 4.78 is 5.76. The van der Waals surface area contributed by atoms with Crippen LogP contribution in [0.5, 0.6) is 0 Å². The Balaban J connectivity index is 1.53. The zero-order valence-corrected chi connectivity index (χ0v) is 15.4. The average molecular weight is 361 g/mol. The monoisotopic (exact) mass is 361 g/mol. The number of piperazine rings is 1. The second-order valence-electron chi connectivity index (χ2n) is 6.94. The van der Waals surface area contributed by atoms with Gasteiger partial charge in [-0.25, -0.2) is 0 Å². The Morgan fingerprint density at radius 3 is 2.88 bits per heavy atom. The van der Waals surface area contributed by atoms with E-state index >= 15 is 0 Å². The minimum absolute atomic E-state index is 0.0333. The second kappa shape index (κ2) is 8.46. The van der Waals surface area contributed by atoms with Crippen molar-refractivity contribution in [1.82, 2.24) is 20.5 Å². The Morgan fingerprint density at radius 2 is 2.15 bits per heavy atom. The number of carbonyl (C=O) groups excluding carboxylic acids is 2. The quantitative estimate of drug-likeness (QED) is 0.759. The number of hydrogen-bond acceptors (Lipinski definition) is 6. The molecule has 26 heavy (non-hydrogen) atoms. The molecule has 2 aliphatic heterocycles. The van der Waals surface area contributed by atoms with E-state index in [-0.39, 0.29) is 24.0 Å². The number of hydrogen-bond donors (Lipinski definition) is 2. The van der Waals surface area contributed by atoms with Crippen LogP contribution in [0.15, 0.2) is 18.3 Å². The van der Waals surface area contributed by atoms with Crippen LogP contribution in [0, 0.1) is 0 Å². The fourth-order valence-electron chi connectivity index (χ4n) is 3.43. The number of aromatic nitrogens is 1. The third-order valence-corrected chi connectivity index (χ3v) is 4.59. The summed E-state index contributed by atoms with van der Waals surface area (Å²) in [4.78, 5) is 32.2. The molecular weight excluding hydrogens is 334 g/mol. The molecule has 0 bridgehead atoms. The summed E-state index contributed by atoms with van der Waals surface area (Å²) in [5.74, 6) is -0.159. The van der Waals surface area contributed by atoms with E-state index < -0.39 is 0 Å². The van der Waals surface area contributed by atoms with Crippen LogP contribution >= 0.6 is 0 Å². The summed E-state index contributed by atoms with van der Waals surface area (Å²) in [6.45, 7) is 8.70. The van der Waals surface area contributed by atoms with Crippen LogP contribution in [0.25, 0.3) is 0 Å². The van der Waals surface area contributed by atoms with Gasteiger partial charge in [-0.15, -0.1) is 0 Å². The SMILES string of the molecule is CC1CN(c2ccnc(C(=O)NCCN3CCNC(=O)C3)c2)CC(C)O1. The van der Waals surface area contributed by atoms with Gasteiger partial charge in [0.05, 0.1) is 18.8 Å². The Morgan fingerprint density at radius 1 is 1.38 bits per heavy atom. The number of nitrogens with one attached hydrogen (secondary N) is 2. The van der Waals surface area contributed by atoms with Gasteiger partial charge in [0.25, 0.3) is 5.91 Å². The van der Waals surface area contributed by atoms with Gasteiger partial charge in [-0.3, -0.25) is 19.5 Å². The fraction of sp³-hybridized carbons (Fsp3) is 0.611. The third-order valence-electron chi connectivity index (χ3n) is 4.59. The van der Waals surface area contributed by atoms with Crippen LogP contribution in [0.1, 0.15) is 24.3 Å². The molecule has 2 N–H and O–H groups in total. The molecule has 1 aromatic heterocycles. The summed E-state index contributed by atoms with van der Waals surface area (Å²) in [5.41, 5.74) is 1.39. The highest BCUT2D eigenvalue weighted by molar-refractivity contribution is 5.93. The van der Waals surface area contributed by atoms with E-state index in [1.54, 1.807) is 6.20 Å². The number of anilines is 1. The van der Waals surface area contributed by atoms with Crippen molar-refractivity contribution < 1.29 is 14.3 Å². The molecule has 2 atom stereocenters. The smallest absolute Gasteiger partial charge is 0.269 e. The molecule has 1 aromatic rings. The van der Waals surface area contributed by atoms with E-state index in [9.17, 15) is 9.59 Å². The molecule has 3 rings (SSSR count). The number of morpholine rings is 1. The molecule has 8 nitrogen and oxygen atoms in total. The van der Waals surface area contributed by atoms with Gasteiger partial charge in [-0.2, -0.15) is 0 Å². The molecule has 2 amide bonds. The number of ether oxygens (including phenoxy) is 1. The van der Waals surface area contributed by atoms with E-state index in [0.29, 0.717) is 31.9 Å². The number of nitrogens with zero attached hydrogens (tertiary/aromatic N) is 3. The van der Waals surface area contributed by atoms with E-state index in [2.05, 4.69) is 34.4 Å². The minimum Gasteiger partial charge on any atom is -0.372 e. The van der Waals surface area contributed by atoms with Gasteiger partial charge in [-0.05, 0) is 26.0 Å². The predicted molar refractivity (Wildman–Crippen MR) is 98.2 cm³/mol. The van der Waals surface area contributed by atoms with Crippen LogP contribution in [-0.2, 0) is 9.53 Å². The molecule has 2 unspecified atom stereocenters. The Labute approximate surface area is 153 Å². The van der Waals surface area contributed by atoms with E-state index in [0.717, 1.165) is 25.3 Å². The van der Waals surface area contributed by atoms with Gasteiger partial charge in [0.15, 0.2) is 0 Å². The van der Waals surface area contributed by atoms with Crippen LogP contribution in [-0.4, -0.2) is 79.7 Å².